The predicted octanol–water partition coefficient (Wildman–Crippen LogP) is 6.34. The Labute approximate surface area is 222 Å². The van der Waals surface area contributed by atoms with Crippen LogP contribution < -0.4 is 15.0 Å². The van der Waals surface area contributed by atoms with E-state index in [1.807, 2.05) is 77.7 Å². The monoisotopic (exact) mass is 503 g/mol. The van der Waals surface area contributed by atoms with Gasteiger partial charge in [0, 0.05) is 35.6 Å². The smallest absolute Gasteiger partial charge is 0.326 e. The summed E-state index contributed by atoms with van der Waals surface area (Å²) in [5, 5.41) is 3.16. The highest BCUT2D eigenvalue weighted by atomic mass is 16.5. The number of carbonyl (C=O) groups is 2. The molecule has 38 heavy (non-hydrogen) atoms. The van der Waals surface area contributed by atoms with Crippen molar-refractivity contribution in [1.82, 2.24) is 4.90 Å². The van der Waals surface area contributed by atoms with E-state index in [1.54, 1.807) is 12.0 Å². The number of hydrogen-bond acceptors (Lipinski definition) is 3. The summed E-state index contributed by atoms with van der Waals surface area (Å²) in [5.74, 6) is 0.723. The van der Waals surface area contributed by atoms with Gasteiger partial charge in [0.05, 0.1) is 13.2 Å². The number of hydrogen-bond donors (Lipinski definition) is 1. The SMILES string of the molecule is COc1ccc(CN2C(=O)c3cccc(NC(=O)N4CCc5ccccc54)c3C2c2ccccc2C)cc1. The van der Waals surface area contributed by atoms with Gasteiger partial charge < -0.3 is 15.0 Å². The average Bonchev–Trinajstić information content (AvgIpc) is 3.49. The molecular weight excluding hydrogens is 474 g/mol. The highest BCUT2D eigenvalue weighted by molar-refractivity contribution is 6.07. The van der Waals surface area contributed by atoms with Gasteiger partial charge in [-0.25, -0.2) is 4.79 Å². The molecule has 0 radical (unpaired) electrons. The molecule has 0 saturated carbocycles. The van der Waals surface area contributed by atoms with E-state index in [2.05, 4.69) is 30.4 Å². The van der Waals surface area contributed by atoms with Crippen LogP contribution in [0, 0.1) is 6.92 Å². The van der Waals surface area contributed by atoms with Crippen molar-refractivity contribution in [2.75, 3.05) is 23.9 Å². The van der Waals surface area contributed by atoms with Gasteiger partial charge in [-0.15, -0.1) is 0 Å². The number of benzene rings is 4. The molecule has 1 atom stereocenters. The summed E-state index contributed by atoms with van der Waals surface area (Å²) in [6.07, 6.45) is 0.830. The standard InChI is InChI=1S/C32H29N3O3/c1-21-8-3-5-10-25(21)30-29-26(31(36)35(30)20-22-14-16-24(38-2)17-15-22)11-7-12-27(29)33-32(37)34-19-18-23-9-4-6-13-28(23)34/h3-17,30H,18-20H2,1-2H3,(H,33,37). The highest BCUT2D eigenvalue weighted by Gasteiger charge is 2.40. The second-order valence-corrected chi connectivity index (χ2v) is 9.77. The van der Waals surface area contributed by atoms with E-state index in [1.165, 1.54) is 5.56 Å². The molecule has 0 saturated heterocycles. The molecule has 2 aliphatic rings. The third-order valence-electron chi connectivity index (χ3n) is 7.55. The number of aryl methyl sites for hydroxylation is 1. The van der Waals surface area contributed by atoms with Crippen LogP contribution in [0.5, 0.6) is 5.75 Å². The first-order chi connectivity index (χ1) is 18.5. The molecule has 0 fully saturated rings. The van der Waals surface area contributed by atoms with Crippen molar-refractivity contribution in [2.24, 2.45) is 0 Å². The molecule has 1 N–H and O–H groups in total. The van der Waals surface area contributed by atoms with Gasteiger partial charge in [-0.1, -0.05) is 60.7 Å². The third kappa shape index (κ3) is 4.08. The Morgan fingerprint density at radius 2 is 1.71 bits per heavy atom. The van der Waals surface area contributed by atoms with Crippen LogP contribution in [-0.4, -0.2) is 30.5 Å². The first-order valence-electron chi connectivity index (χ1n) is 12.8. The number of fused-ring (bicyclic) bond motifs is 2. The van der Waals surface area contributed by atoms with Gasteiger partial charge in [0.15, 0.2) is 0 Å². The van der Waals surface area contributed by atoms with Crippen LogP contribution in [0.2, 0.25) is 0 Å². The number of carbonyl (C=O) groups excluding carboxylic acids is 2. The Kier molecular flexibility index (Phi) is 6.08. The molecule has 0 aliphatic carbocycles. The maximum absolute atomic E-state index is 13.9. The third-order valence-corrected chi connectivity index (χ3v) is 7.55. The van der Waals surface area contributed by atoms with Gasteiger partial charge in [0.25, 0.3) is 5.91 Å². The van der Waals surface area contributed by atoms with Crippen LogP contribution in [0.1, 0.15) is 44.2 Å². The van der Waals surface area contributed by atoms with E-state index in [-0.39, 0.29) is 18.0 Å². The van der Waals surface area contributed by atoms with Crippen molar-refractivity contribution >= 4 is 23.3 Å². The van der Waals surface area contributed by atoms with Gasteiger partial charge in [-0.3, -0.25) is 9.69 Å². The minimum atomic E-state index is -0.330. The average molecular weight is 504 g/mol. The molecule has 2 heterocycles. The Hall–Kier alpha value is -4.58. The van der Waals surface area contributed by atoms with Crippen molar-refractivity contribution in [1.29, 1.82) is 0 Å². The van der Waals surface area contributed by atoms with Crippen molar-refractivity contribution in [3.05, 3.63) is 124 Å². The number of urea groups is 1. The summed E-state index contributed by atoms with van der Waals surface area (Å²) in [7, 11) is 1.64. The van der Waals surface area contributed by atoms with Crippen LogP contribution in [0.15, 0.2) is 91.0 Å². The van der Waals surface area contributed by atoms with E-state index in [4.69, 9.17) is 4.74 Å². The molecule has 0 bridgehead atoms. The zero-order chi connectivity index (χ0) is 26.2. The summed E-state index contributed by atoms with van der Waals surface area (Å²) in [6, 6.07) is 29.0. The second-order valence-electron chi connectivity index (χ2n) is 9.77. The lowest BCUT2D eigenvalue weighted by atomic mass is 9.93. The lowest BCUT2D eigenvalue weighted by Crippen LogP contribution is -2.34. The zero-order valence-corrected chi connectivity index (χ0v) is 21.5. The lowest BCUT2D eigenvalue weighted by Gasteiger charge is -2.28. The van der Waals surface area contributed by atoms with E-state index in [9.17, 15) is 9.59 Å². The predicted molar refractivity (Wildman–Crippen MR) is 149 cm³/mol. The zero-order valence-electron chi connectivity index (χ0n) is 21.5. The van der Waals surface area contributed by atoms with Crippen molar-refractivity contribution in [3.8, 4) is 5.75 Å². The molecule has 4 aromatic rings. The number of methoxy groups -OCH3 is 1. The van der Waals surface area contributed by atoms with Crippen LogP contribution >= 0.6 is 0 Å². The van der Waals surface area contributed by atoms with Crippen molar-refractivity contribution in [3.63, 3.8) is 0 Å². The Morgan fingerprint density at radius 3 is 2.50 bits per heavy atom. The fourth-order valence-electron chi connectivity index (χ4n) is 5.62. The van der Waals surface area contributed by atoms with E-state index in [0.717, 1.165) is 40.1 Å². The summed E-state index contributed by atoms with van der Waals surface area (Å²) in [4.78, 5) is 31.0. The minimum Gasteiger partial charge on any atom is -0.497 e. The maximum Gasteiger partial charge on any atom is 0.326 e. The van der Waals surface area contributed by atoms with Crippen molar-refractivity contribution < 1.29 is 14.3 Å². The number of ether oxygens (including phenoxy) is 1. The lowest BCUT2D eigenvalue weighted by molar-refractivity contribution is 0.0736. The Balaban J connectivity index is 1.39. The van der Waals surface area contributed by atoms with Crippen LogP contribution in [-0.2, 0) is 13.0 Å². The van der Waals surface area contributed by atoms with Crippen LogP contribution in [0.3, 0.4) is 0 Å². The number of para-hydroxylation sites is 1. The molecule has 3 amide bonds. The van der Waals surface area contributed by atoms with Crippen molar-refractivity contribution in [2.45, 2.75) is 25.9 Å². The van der Waals surface area contributed by atoms with Gasteiger partial charge in [0.1, 0.15) is 5.75 Å². The highest BCUT2D eigenvalue weighted by Crippen LogP contribution is 2.44. The number of anilines is 2. The van der Waals surface area contributed by atoms with Crippen LogP contribution in [0.4, 0.5) is 16.2 Å². The molecule has 6 nitrogen and oxygen atoms in total. The maximum atomic E-state index is 13.9. The van der Waals surface area contributed by atoms with Gasteiger partial charge >= 0.3 is 6.03 Å². The largest absolute Gasteiger partial charge is 0.497 e. The first kappa shape index (κ1) is 23.8. The number of amides is 3. The summed E-state index contributed by atoms with van der Waals surface area (Å²) in [5.41, 5.74) is 7.35. The molecule has 4 aromatic carbocycles. The molecule has 2 aliphatic heterocycles. The fourth-order valence-corrected chi connectivity index (χ4v) is 5.62. The summed E-state index contributed by atoms with van der Waals surface area (Å²) < 4.78 is 5.31. The summed E-state index contributed by atoms with van der Waals surface area (Å²) in [6.45, 7) is 3.12. The van der Waals surface area contributed by atoms with Crippen LogP contribution in [0.25, 0.3) is 0 Å². The van der Waals surface area contributed by atoms with E-state index in [0.29, 0.717) is 24.3 Å². The minimum absolute atomic E-state index is 0.0494. The molecule has 6 rings (SSSR count). The van der Waals surface area contributed by atoms with Gasteiger partial charge in [-0.05, 0) is 65.9 Å². The number of nitrogens with zero attached hydrogens (tertiary/aromatic N) is 2. The molecule has 0 spiro atoms. The number of rotatable bonds is 5. The van der Waals surface area contributed by atoms with Gasteiger partial charge in [-0.2, -0.15) is 0 Å². The quantitative estimate of drug-likeness (QED) is 0.346. The topological polar surface area (TPSA) is 61.9 Å². The molecule has 6 heteroatoms. The molecular formula is C32H29N3O3. The summed E-state index contributed by atoms with van der Waals surface area (Å²) >= 11 is 0. The molecule has 1 unspecified atom stereocenters. The molecule has 190 valence electrons. The van der Waals surface area contributed by atoms with E-state index < -0.39 is 0 Å². The fraction of sp³-hybridized carbons (Fsp3) is 0.188. The second kappa shape index (κ2) is 9.71. The molecule has 0 aromatic heterocycles. The van der Waals surface area contributed by atoms with E-state index >= 15 is 0 Å². The Bertz CT molecular complexity index is 1530. The van der Waals surface area contributed by atoms with Gasteiger partial charge in [0.2, 0.25) is 0 Å². The number of nitrogens with one attached hydrogen (secondary N) is 1. The first-order valence-corrected chi connectivity index (χ1v) is 12.8. The Morgan fingerprint density at radius 1 is 0.947 bits per heavy atom. The normalized spacial score (nSPS) is 15.8.